The van der Waals surface area contributed by atoms with E-state index < -0.39 is 12.1 Å². The number of amides is 2. The largest absolute Gasteiger partial charge is 0.497 e. The molecule has 0 N–H and O–H groups in total. The van der Waals surface area contributed by atoms with Crippen LogP contribution in [0.5, 0.6) is 5.75 Å². The lowest BCUT2D eigenvalue weighted by atomic mass is 10.1. The van der Waals surface area contributed by atoms with Crippen LogP contribution in [-0.2, 0) is 9.59 Å². The number of rotatable bonds is 3. The summed E-state index contributed by atoms with van der Waals surface area (Å²) in [6.07, 6.45) is 0. The van der Waals surface area contributed by atoms with Crippen molar-refractivity contribution in [3.8, 4) is 5.75 Å². The molecule has 4 rings (SSSR count). The van der Waals surface area contributed by atoms with E-state index in [0.717, 1.165) is 16.8 Å². The maximum absolute atomic E-state index is 13.0. The summed E-state index contributed by atoms with van der Waals surface area (Å²) in [7, 11) is 1.54. The highest BCUT2D eigenvalue weighted by Crippen LogP contribution is 2.36. The topological polar surface area (TPSA) is 74.6 Å². The third kappa shape index (κ3) is 2.35. The molecule has 0 unspecified atom stereocenters. The number of anilines is 2. The molecule has 0 aromatic heterocycles. The van der Waals surface area contributed by atoms with E-state index in [1.165, 1.54) is 17.0 Å². The fourth-order valence-corrected chi connectivity index (χ4v) is 3.25. The van der Waals surface area contributed by atoms with E-state index in [9.17, 15) is 9.59 Å². The van der Waals surface area contributed by atoms with Gasteiger partial charge in [0.05, 0.1) is 18.5 Å². The van der Waals surface area contributed by atoms with Crippen molar-refractivity contribution in [2.24, 2.45) is 10.3 Å². The van der Waals surface area contributed by atoms with Crippen molar-refractivity contribution in [2.75, 3.05) is 17.0 Å². The Hall–Kier alpha value is -3.22. The molecule has 1 fully saturated rings. The normalized spacial score (nSPS) is 21.5. The predicted molar refractivity (Wildman–Crippen MR) is 96.3 cm³/mol. The van der Waals surface area contributed by atoms with Gasteiger partial charge in [0.25, 0.3) is 11.8 Å². The Balaban J connectivity index is 1.70. The minimum Gasteiger partial charge on any atom is -0.497 e. The molecule has 2 aromatic carbocycles. The van der Waals surface area contributed by atoms with Crippen molar-refractivity contribution < 1.29 is 14.3 Å². The van der Waals surface area contributed by atoms with Crippen LogP contribution in [0.4, 0.5) is 11.4 Å². The van der Waals surface area contributed by atoms with Crippen molar-refractivity contribution in [1.82, 2.24) is 0 Å². The standard InChI is InChI=1S/C19H18N4O3/c1-11-7-8-14(9-12(11)2)23-17-16(20-21-23)18(24)22(19(17)25)13-5-4-6-15(10-13)26-3/h4-10,16-17H,1-3H3/t16-,17-/m1/s1. The summed E-state index contributed by atoms with van der Waals surface area (Å²) < 4.78 is 5.19. The smallest absolute Gasteiger partial charge is 0.263 e. The van der Waals surface area contributed by atoms with Crippen LogP contribution in [0.15, 0.2) is 52.8 Å². The maximum atomic E-state index is 13.0. The Bertz CT molecular complexity index is 940. The molecular formula is C19H18N4O3. The monoisotopic (exact) mass is 350 g/mol. The van der Waals surface area contributed by atoms with Crippen molar-refractivity contribution in [3.63, 3.8) is 0 Å². The zero-order valence-corrected chi connectivity index (χ0v) is 14.7. The highest BCUT2D eigenvalue weighted by Gasteiger charge is 2.55. The first-order valence-electron chi connectivity index (χ1n) is 8.30. The van der Waals surface area contributed by atoms with E-state index in [1.807, 2.05) is 32.0 Å². The Morgan fingerprint density at radius 1 is 0.962 bits per heavy atom. The SMILES string of the molecule is COc1cccc(N2C(=O)[C@@H]3N=NN(c4ccc(C)c(C)c4)[C@H]3C2=O)c1. The highest BCUT2D eigenvalue weighted by molar-refractivity contribution is 6.26. The van der Waals surface area contributed by atoms with Gasteiger partial charge in [0.2, 0.25) is 0 Å². The van der Waals surface area contributed by atoms with Gasteiger partial charge in [-0.3, -0.25) is 9.59 Å². The van der Waals surface area contributed by atoms with Gasteiger partial charge in [-0.1, -0.05) is 17.4 Å². The van der Waals surface area contributed by atoms with Gasteiger partial charge in [-0.2, -0.15) is 5.11 Å². The molecule has 2 atom stereocenters. The second-order valence-corrected chi connectivity index (χ2v) is 6.42. The molecule has 2 amide bonds. The minimum absolute atomic E-state index is 0.337. The number of benzene rings is 2. The number of carbonyl (C=O) groups excluding carboxylic acids is 2. The van der Waals surface area contributed by atoms with Crippen molar-refractivity contribution >= 4 is 23.2 Å². The number of aryl methyl sites for hydroxylation is 2. The van der Waals surface area contributed by atoms with E-state index >= 15 is 0 Å². The molecule has 26 heavy (non-hydrogen) atoms. The maximum Gasteiger partial charge on any atom is 0.263 e. The molecule has 132 valence electrons. The molecule has 0 spiro atoms. The van der Waals surface area contributed by atoms with Crippen molar-refractivity contribution in [3.05, 3.63) is 53.6 Å². The lowest BCUT2D eigenvalue weighted by molar-refractivity contribution is -0.121. The molecule has 2 aromatic rings. The average Bonchev–Trinajstić information content (AvgIpc) is 3.18. The third-order valence-electron chi connectivity index (χ3n) is 4.85. The van der Waals surface area contributed by atoms with Crippen LogP contribution in [0.1, 0.15) is 11.1 Å². The second-order valence-electron chi connectivity index (χ2n) is 6.42. The zero-order valence-electron chi connectivity index (χ0n) is 14.7. The minimum atomic E-state index is -0.824. The first-order valence-corrected chi connectivity index (χ1v) is 8.30. The van der Waals surface area contributed by atoms with Gasteiger partial charge in [0, 0.05) is 6.07 Å². The van der Waals surface area contributed by atoms with Crippen molar-refractivity contribution in [2.45, 2.75) is 25.9 Å². The van der Waals surface area contributed by atoms with Crippen LogP contribution in [0.2, 0.25) is 0 Å². The summed E-state index contributed by atoms with van der Waals surface area (Å²) in [5, 5.41) is 9.69. The van der Waals surface area contributed by atoms with E-state index in [2.05, 4.69) is 10.3 Å². The number of nitrogens with zero attached hydrogens (tertiary/aromatic N) is 4. The van der Waals surface area contributed by atoms with E-state index in [1.54, 1.807) is 24.3 Å². The summed E-state index contributed by atoms with van der Waals surface area (Å²) in [6.45, 7) is 4.01. The second kappa shape index (κ2) is 5.94. The van der Waals surface area contributed by atoms with Gasteiger partial charge < -0.3 is 4.74 Å². The fraction of sp³-hybridized carbons (Fsp3) is 0.263. The Kier molecular flexibility index (Phi) is 3.72. The van der Waals surface area contributed by atoms with Gasteiger partial charge in [0.1, 0.15) is 5.75 Å². The number of ether oxygens (including phenoxy) is 1. The van der Waals surface area contributed by atoms with Crippen LogP contribution in [0.25, 0.3) is 0 Å². The van der Waals surface area contributed by atoms with Gasteiger partial charge >= 0.3 is 0 Å². The van der Waals surface area contributed by atoms with Gasteiger partial charge in [-0.15, -0.1) is 0 Å². The van der Waals surface area contributed by atoms with Crippen LogP contribution < -0.4 is 14.6 Å². The van der Waals surface area contributed by atoms with Crippen LogP contribution in [0.3, 0.4) is 0 Å². The molecule has 2 aliphatic heterocycles. The van der Waals surface area contributed by atoms with Crippen LogP contribution >= 0.6 is 0 Å². The lowest BCUT2D eigenvalue weighted by Gasteiger charge is -2.21. The molecule has 2 aliphatic rings. The summed E-state index contributed by atoms with van der Waals surface area (Å²) in [5.74, 6) is -0.132. The van der Waals surface area contributed by atoms with Crippen molar-refractivity contribution in [1.29, 1.82) is 0 Å². The Morgan fingerprint density at radius 3 is 2.50 bits per heavy atom. The predicted octanol–water partition coefficient (Wildman–Crippen LogP) is 2.81. The number of fused-ring (bicyclic) bond motifs is 1. The molecule has 7 nitrogen and oxygen atoms in total. The molecule has 0 radical (unpaired) electrons. The van der Waals surface area contributed by atoms with Crippen LogP contribution in [0, 0.1) is 13.8 Å². The molecule has 7 heteroatoms. The quantitative estimate of drug-likeness (QED) is 0.798. The Labute approximate surface area is 150 Å². The average molecular weight is 350 g/mol. The Morgan fingerprint density at radius 2 is 1.77 bits per heavy atom. The summed E-state index contributed by atoms with van der Waals surface area (Å²) in [5.41, 5.74) is 3.46. The zero-order chi connectivity index (χ0) is 18.4. The summed E-state index contributed by atoms with van der Waals surface area (Å²) >= 11 is 0. The first kappa shape index (κ1) is 16.3. The van der Waals surface area contributed by atoms with Gasteiger partial charge in [-0.05, 0) is 49.2 Å². The van der Waals surface area contributed by atoms with Gasteiger partial charge in [-0.25, -0.2) is 9.91 Å². The third-order valence-corrected chi connectivity index (χ3v) is 4.85. The van der Waals surface area contributed by atoms with E-state index in [0.29, 0.717) is 11.4 Å². The number of carbonyl (C=O) groups is 2. The van der Waals surface area contributed by atoms with E-state index in [-0.39, 0.29) is 11.8 Å². The number of imide groups is 1. The fourth-order valence-electron chi connectivity index (χ4n) is 3.25. The summed E-state index contributed by atoms with van der Waals surface area (Å²) in [6, 6.07) is 11.1. The number of hydrogen-bond donors (Lipinski definition) is 0. The molecule has 0 saturated carbocycles. The molecule has 2 heterocycles. The van der Waals surface area contributed by atoms with Crippen LogP contribution in [-0.4, -0.2) is 31.0 Å². The van der Waals surface area contributed by atoms with Gasteiger partial charge in [0.15, 0.2) is 12.1 Å². The highest BCUT2D eigenvalue weighted by atomic mass is 16.5. The lowest BCUT2D eigenvalue weighted by Crippen LogP contribution is -2.40. The summed E-state index contributed by atoms with van der Waals surface area (Å²) in [4.78, 5) is 27.0. The van der Waals surface area contributed by atoms with E-state index in [4.69, 9.17) is 4.74 Å². The molecule has 1 saturated heterocycles. The number of hydrogen-bond acceptors (Lipinski definition) is 6. The number of methoxy groups -OCH3 is 1. The molecule has 0 aliphatic carbocycles. The molecular weight excluding hydrogens is 332 g/mol. The molecule has 0 bridgehead atoms. The first-order chi connectivity index (χ1) is 12.5.